The molecule has 3 heterocycles. The van der Waals surface area contributed by atoms with Gasteiger partial charge in [-0.25, -0.2) is 19.7 Å². The third-order valence-electron chi connectivity index (χ3n) is 6.79. The van der Waals surface area contributed by atoms with Gasteiger partial charge in [-0.2, -0.15) is 0 Å². The van der Waals surface area contributed by atoms with Crippen LogP contribution < -0.4 is 16.4 Å². The van der Waals surface area contributed by atoms with Crippen molar-refractivity contribution in [2.45, 2.75) is 38.5 Å². The first kappa shape index (κ1) is 25.6. The van der Waals surface area contributed by atoms with Crippen LogP contribution in [0.4, 0.5) is 16.3 Å². The highest BCUT2D eigenvalue weighted by molar-refractivity contribution is 5.89. The smallest absolute Gasteiger partial charge is 0.319 e. The number of urea groups is 1. The van der Waals surface area contributed by atoms with E-state index in [0.717, 1.165) is 43.6 Å². The number of carbonyl (C=O) groups excluding carboxylic acids is 1. The van der Waals surface area contributed by atoms with E-state index in [1.54, 1.807) is 6.33 Å². The predicted molar refractivity (Wildman–Crippen MR) is 149 cm³/mol. The lowest BCUT2D eigenvalue weighted by molar-refractivity contribution is -0.00849. The average Bonchev–Trinajstić information content (AvgIpc) is 3.55. The number of anilines is 2. The summed E-state index contributed by atoms with van der Waals surface area (Å²) in [5.41, 5.74) is 11.5. The summed E-state index contributed by atoms with van der Waals surface area (Å²) in [4.78, 5) is 27.2. The Labute approximate surface area is 222 Å². The molecule has 2 amide bonds. The van der Waals surface area contributed by atoms with E-state index in [2.05, 4.69) is 68.7 Å². The van der Waals surface area contributed by atoms with Crippen molar-refractivity contribution in [1.29, 1.82) is 0 Å². The van der Waals surface area contributed by atoms with Crippen molar-refractivity contribution in [3.05, 3.63) is 66.7 Å². The fourth-order valence-electron chi connectivity index (χ4n) is 4.84. The Morgan fingerprint density at radius 1 is 1.13 bits per heavy atom. The first-order chi connectivity index (χ1) is 18.5. The second kappa shape index (κ2) is 11.6. The molecule has 10 nitrogen and oxygen atoms in total. The summed E-state index contributed by atoms with van der Waals surface area (Å²) in [6.07, 6.45) is 5.88. The Hall–Kier alpha value is -4.02. The molecule has 2 aromatic carbocycles. The average molecular weight is 515 g/mol. The number of rotatable bonds is 9. The number of amides is 2. The minimum atomic E-state index is -0.199. The van der Waals surface area contributed by atoms with Crippen LogP contribution in [0.2, 0.25) is 0 Å². The second-order valence-corrected chi connectivity index (χ2v) is 9.82. The van der Waals surface area contributed by atoms with Crippen LogP contribution in [0.15, 0.2) is 61.2 Å². The summed E-state index contributed by atoms with van der Waals surface area (Å²) in [5.74, 6) is 0.376. The summed E-state index contributed by atoms with van der Waals surface area (Å²) in [7, 11) is 2.08. The number of aromatic nitrogens is 4. The molecule has 1 saturated heterocycles. The van der Waals surface area contributed by atoms with Crippen LogP contribution in [0, 0.1) is 6.92 Å². The highest BCUT2D eigenvalue weighted by atomic mass is 16.5. The van der Waals surface area contributed by atoms with Crippen molar-refractivity contribution in [2.24, 2.45) is 0 Å². The molecule has 4 aromatic rings. The number of nitrogens with zero attached hydrogens (tertiary/aromatic N) is 5. The van der Waals surface area contributed by atoms with Gasteiger partial charge in [-0.1, -0.05) is 42.0 Å². The number of nitrogens with two attached hydrogens (primary N) is 1. The van der Waals surface area contributed by atoms with Gasteiger partial charge in [0.05, 0.1) is 12.4 Å². The van der Waals surface area contributed by atoms with E-state index in [1.165, 1.54) is 17.5 Å². The van der Waals surface area contributed by atoms with Crippen LogP contribution in [0.3, 0.4) is 0 Å². The van der Waals surface area contributed by atoms with Crippen molar-refractivity contribution in [3.63, 3.8) is 0 Å². The maximum Gasteiger partial charge on any atom is 0.319 e. The Morgan fingerprint density at radius 2 is 1.97 bits per heavy atom. The maximum absolute atomic E-state index is 12.3. The van der Waals surface area contributed by atoms with E-state index in [4.69, 9.17) is 10.5 Å². The zero-order valence-electron chi connectivity index (χ0n) is 21.8. The Morgan fingerprint density at radius 3 is 2.79 bits per heavy atom. The van der Waals surface area contributed by atoms with Gasteiger partial charge in [0.2, 0.25) is 0 Å². The number of benzene rings is 2. The normalized spacial score (nSPS) is 17.2. The molecule has 0 spiro atoms. The van der Waals surface area contributed by atoms with Crippen molar-refractivity contribution in [1.82, 2.24) is 29.7 Å². The van der Waals surface area contributed by atoms with E-state index in [1.807, 2.05) is 28.8 Å². The lowest BCUT2D eigenvalue weighted by Crippen LogP contribution is -2.34. The third kappa shape index (κ3) is 6.09. The molecule has 0 aliphatic carbocycles. The van der Waals surface area contributed by atoms with Crippen LogP contribution in [0.1, 0.15) is 31.1 Å². The van der Waals surface area contributed by atoms with E-state index < -0.39 is 0 Å². The third-order valence-corrected chi connectivity index (χ3v) is 6.79. The number of likely N-dealkylation sites (N-methyl/N-ethyl adjacent to an activating group) is 1. The van der Waals surface area contributed by atoms with Gasteiger partial charge < -0.3 is 26.0 Å². The van der Waals surface area contributed by atoms with Gasteiger partial charge in [-0.3, -0.25) is 4.57 Å². The number of nitrogens with one attached hydrogen (secondary N) is 2. The Kier molecular flexibility index (Phi) is 7.81. The monoisotopic (exact) mass is 514 g/mol. The molecule has 0 radical (unpaired) electrons. The molecule has 2 atom stereocenters. The minimum absolute atomic E-state index is 0.107. The molecule has 2 aromatic heterocycles. The molecule has 1 aliphatic rings. The maximum atomic E-state index is 12.3. The van der Waals surface area contributed by atoms with Gasteiger partial charge in [-0.15, -0.1) is 0 Å². The van der Waals surface area contributed by atoms with Gasteiger partial charge in [0.25, 0.3) is 0 Å². The van der Waals surface area contributed by atoms with Crippen LogP contribution in [-0.4, -0.2) is 63.2 Å². The molecule has 10 heteroatoms. The lowest BCUT2D eigenvalue weighted by Gasteiger charge is -2.21. The number of ether oxygens (including phenoxy) is 1. The number of hydrogen-bond acceptors (Lipinski definition) is 7. The molecule has 5 rings (SSSR count). The van der Waals surface area contributed by atoms with Gasteiger partial charge >= 0.3 is 6.03 Å². The molecular formula is C28H34N8O2. The summed E-state index contributed by atoms with van der Waals surface area (Å²) >= 11 is 0. The minimum Gasteiger partial charge on any atom is -0.382 e. The fourth-order valence-corrected chi connectivity index (χ4v) is 4.84. The fraction of sp³-hybridized carbons (Fsp3) is 0.357. The van der Waals surface area contributed by atoms with Crippen molar-refractivity contribution in [2.75, 3.05) is 37.7 Å². The molecule has 1 fully saturated rings. The molecule has 1 aliphatic heterocycles. The number of carbonyl (C=O) groups is 1. The second-order valence-electron chi connectivity index (χ2n) is 9.82. The number of hydrogen-bond donors (Lipinski definition) is 3. The van der Waals surface area contributed by atoms with Crippen molar-refractivity contribution >= 4 is 28.7 Å². The highest BCUT2D eigenvalue weighted by Crippen LogP contribution is 2.31. The van der Waals surface area contributed by atoms with Crippen LogP contribution in [0.5, 0.6) is 0 Å². The van der Waals surface area contributed by atoms with Gasteiger partial charge in [-0.05, 0) is 63.0 Å². The van der Waals surface area contributed by atoms with Crippen LogP contribution in [-0.2, 0) is 4.74 Å². The van der Waals surface area contributed by atoms with E-state index >= 15 is 0 Å². The van der Waals surface area contributed by atoms with E-state index in [9.17, 15) is 4.79 Å². The molecular weight excluding hydrogens is 480 g/mol. The molecule has 0 saturated carbocycles. The Bertz CT molecular complexity index is 1390. The van der Waals surface area contributed by atoms with Crippen molar-refractivity contribution in [3.8, 4) is 11.1 Å². The largest absolute Gasteiger partial charge is 0.382 e. The van der Waals surface area contributed by atoms with Gasteiger partial charge in [0.15, 0.2) is 11.5 Å². The summed E-state index contributed by atoms with van der Waals surface area (Å²) in [6.45, 7) is 4.35. The summed E-state index contributed by atoms with van der Waals surface area (Å²) < 4.78 is 8.21. The molecule has 0 unspecified atom stereocenters. The zero-order valence-corrected chi connectivity index (χ0v) is 21.8. The highest BCUT2D eigenvalue weighted by Gasteiger charge is 2.28. The molecule has 4 N–H and O–H groups in total. The molecule has 38 heavy (non-hydrogen) atoms. The van der Waals surface area contributed by atoms with Crippen LogP contribution in [0.25, 0.3) is 22.3 Å². The molecule has 0 bridgehead atoms. The topological polar surface area (TPSA) is 123 Å². The van der Waals surface area contributed by atoms with Gasteiger partial charge in [0, 0.05) is 18.8 Å². The standard InChI is InChI=1S/C28H34N8O2/c1-19-5-3-6-21(15-19)20-7-9-22(10-8-20)34-28(37)30-13-4-14-35(2)16-23-11-12-24(38-23)36-18-33-25-26(29)31-17-32-27(25)36/h3,5-10,15,17-18,23-24H,4,11-14,16H2,1-2H3,(H2,29,31,32)(H2,30,34,37)/t23-,24+/m0/s1. The quantitative estimate of drug-likeness (QED) is 0.286. The van der Waals surface area contributed by atoms with Gasteiger partial charge in [0.1, 0.15) is 18.1 Å². The number of nitrogen functional groups attached to an aromatic ring is 1. The zero-order chi connectivity index (χ0) is 26.5. The first-order valence-electron chi connectivity index (χ1n) is 13.0. The lowest BCUT2D eigenvalue weighted by atomic mass is 10.0. The summed E-state index contributed by atoms with van der Waals surface area (Å²) in [5, 5.41) is 5.85. The number of aryl methyl sites for hydroxylation is 1. The Balaban J connectivity index is 1.01. The molecule has 198 valence electrons. The SMILES string of the molecule is Cc1cccc(-c2ccc(NC(=O)NCCCN(C)C[C@@H]3CC[C@H](n4cnc5c(N)ncnc54)O3)cc2)c1. The summed E-state index contributed by atoms with van der Waals surface area (Å²) in [6, 6.07) is 16.1. The van der Waals surface area contributed by atoms with Crippen molar-refractivity contribution < 1.29 is 9.53 Å². The first-order valence-corrected chi connectivity index (χ1v) is 13.0. The number of fused-ring (bicyclic) bond motifs is 1. The number of imidazole rings is 1. The van der Waals surface area contributed by atoms with E-state index in [-0.39, 0.29) is 18.4 Å². The van der Waals surface area contributed by atoms with E-state index in [0.29, 0.717) is 23.5 Å². The predicted octanol–water partition coefficient (Wildman–Crippen LogP) is 4.21. The van der Waals surface area contributed by atoms with Crippen LogP contribution >= 0.6 is 0 Å².